The predicted octanol–water partition coefficient (Wildman–Crippen LogP) is 2.84. The van der Waals surface area contributed by atoms with Gasteiger partial charge < -0.3 is 0 Å². The number of hydrogen-bond donors (Lipinski definition) is 0. The number of amides is 1. The van der Waals surface area contributed by atoms with Gasteiger partial charge in [0.05, 0.1) is 11.9 Å². The monoisotopic (exact) mass is 285 g/mol. The topological polar surface area (TPSA) is 45.0 Å². The van der Waals surface area contributed by atoms with Gasteiger partial charge in [0.2, 0.25) is 0 Å². The van der Waals surface area contributed by atoms with E-state index in [1.165, 1.54) is 6.20 Å². The van der Waals surface area contributed by atoms with Gasteiger partial charge in [-0.2, -0.15) is 0 Å². The Hall–Kier alpha value is -2.16. The molecule has 2 aliphatic rings. The van der Waals surface area contributed by atoms with Gasteiger partial charge >= 0.3 is 0 Å². The summed E-state index contributed by atoms with van der Waals surface area (Å²) in [5.74, 6) is 0.433. The SMILES string of the molecule is CC1=NC(N2CCc3cc(Cl)ccc3C2=O)=C=CN=C1. The van der Waals surface area contributed by atoms with E-state index in [0.717, 1.165) is 17.7 Å². The Bertz CT molecular complexity index is 712. The molecular formula is C15H12ClN3O. The molecule has 0 aliphatic carbocycles. The highest BCUT2D eigenvalue weighted by atomic mass is 35.5. The van der Waals surface area contributed by atoms with Gasteiger partial charge in [-0.05, 0) is 37.1 Å². The zero-order valence-corrected chi connectivity index (χ0v) is 11.7. The molecule has 3 rings (SSSR count). The van der Waals surface area contributed by atoms with Crippen molar-refractivity contribution in [1.82, 2.24) is 4.90 Å². The molecule has 0 fully saturated rings. The van der Waals surface area contributed by atoms with E-state index in [1.807, 2.05) is 13.0 Å². The van der Waals surface area contributed by atoms with E-state index in [-0.39, 0.29) is 5.91 Å². The van der Waals surface area contributed by atoms with Gasteiger partial charge in [0.25, 0.3) is 5.91 Å². The maximum atomic E-state index is 12.5. The molecule has 0 spiro atoms. The Kier molecular flexibility index (Phi) is 3.26. The van der Waals surface area contributed by atoms with E-state index in [4.69, 9.17) is 11.6 Å². The van der Waals surface area contributed by atoms with Crippen LogP contribution in [0.15, 0.2) is 45.9 Å². The molecule has 0 aromatic heterocycles. The molecule has 0 unspecified atom stereocenters. The third-order valence-electron chi connectivity index (χ3n) is 3.22. The fraction of sp³-hybridized carbons (Fsp3) is 0.200. The smallest absolute Gasteiger partial charge is 0.260 e. The summed E-state index contributed by atoms with van der Waals surface area (Å²) in [6, 6.07) is 5.35. The van der Waals surface area contributed by atoms with Crippen molar-refractivity contribution in [3.8, 4) is 0 Å². The predicted molar refractivity (Wildman–Crippen MR) is 79.4 cm³/mol. The summed E-state index contributed by atoms with van der Waals surface area (Å²) < 4.78 is 0. The van der Waals surface area contributed by atoms with Crippen LogP contribution in [0.5, 0.6) is 0 Å². The number of rotatable bonds is 1. The number of hydrogen-bond acceptors (Lipinski definition) is 3. The second-order valence-corrected chi connectivity index (χ2v) is 5.07. The lowest BCUT2D eigenvalue weighted by atomic mass is 9.99. The van der Waals surface area contributed by atoms with Crippen LogP contribution in [-0.4, -0.2) is 29.3 Å². The fourth-order valence-electron chi connectivity index (χ4n) is 2.27. The molecule has 1 aromatic carbocycles. The molecule has 0 saturated heterocycles. The summed E-state index contributed by atoms with van der Waals surface area (Å²) in [5.41, 5.74) is 5.34. The number of carbonyl (C=O) groups excluding carboxylic acids is 1. The lowest BCUT2D eigenvalue weighted by Crippen LogP contribution is -2.36. The average molecular weight is 286 g/mol. The highest BCUT2D eigenvalue weighted by Crippen LogP contribution is 2.25. The van der Waals surface area contributed by atoms with Crippen molar-refractivity contribution in [3.63, 3.8) is 0 Å². The summed E-state index contributed by atoms with van der Waals surface area (Å²) in [7, 11) is 0. The molecule has 5 heteroatoms. The Labute approximate surface area is 121 Å². The highest BCUT2D eigenvalue weighted by molar-refractivity contribution is 6.31. The zero-order chi connectivity index (χ0) is 14.1. The van der Waals surface area contributed by atoms with E-state index >= 15 is 0 Å². The molecule has 2 heterocycles. The summed E-state index contributed by atoms with van der Waals surface area (Å²) in [6.07, 6.45) is 3.92. The molecule has 1 amide bonds. The van der Waals surface area contributed by atoms with Gasteiger partial charge in [0.15, 0.2) is 5.82 Å². The fourth-order valence-corrected chi connectivity index (χ4v) is 2.46. The first-order valence-electron chi connectivity index (χ1n) is 6.29. The van der Waals surface area contributed by atoms with Crippen molar-refractivity contribution in [1.29, 1.82) is 0 Å². The van der Waals surface area contributed by atoms with Crippen LogP contribution >= 0.6 is 11.6 Å². The van der Waals surface area contributed by atoms with Crippen LogP contribution in [0.3, 0.4) is 0 Å². The van der Waals surface area contributed by atoms with Crippen LogP contribution in [0.4, 0.5) is 0 Å². The molecule has 0 bridgehead atoms. The van der Waals surface area contributed by atoms with Crippen LogP contribution in [0.1, 0.15) is 22.8 Å². The number of nitrogens with zero attached hydrogens (tertiary/aromatic N) is 3. The van der Waals surface area contributed by atoms with Crippen molar-refractivity contribution in [3.05, 3.63) is 52.1 Å². The molecule has 0 saturated carbocycles. The lowest BCUT2D eigenvalue weighted by Gasteiger charge is -2.27. The standard InChI is InChI=1S/C15H12ClN3O/c1-10-9-17-6-4-14(18-10)19-7-5-11-8-12(16)2-3-13(11)15(19)20/h2-3,6,8-9H,5,7H2,1H3. The van der Waals surface area contributed by atoms with E-state index < -0.39 is 0 Å². The second kappa shape index (κ2) is 5.08. The highest BCUT2D eigenvalue weighted by Gasteiger charge is 2.27. The molecular weight excluding hydrogens is 274 g/mol. The Balaban J connectivity index is 1.99. The largest absolute Gasteiger partial charge is 0.286 e. The van der Waals surface area contributed by atoms with E-state index in [9.17, 15) is 4.79 Å². The van der Waals surface area contributed by atoms with Gasteiger partial charge in [-0.1, -0.05) is 17.3 Å². The van der Waals surface area contributed by atoms with Gasteiger partial charge in [-0.15, -0.1) is 0 Å². The molecule has 0 N–H and O–H groups in total. The maximum absolute atomic E-state index is 12.5. The molecule has 100 valence electrons. The van der Waals surface area contributed by atoms with Crippen LogP contribution in [0.2, 0.25) is 5.02 Å². The number of aliphatic imine (C=N–C) groups is 2. The summed E-state index contributed by atoms with van der Waals surface area (Å²) in [6.45, 7) is 2.41. The molecule has 4 nitrogen and oxygen atoms in total. The molecule has 1 aromatic rings. The maximum Gasteiger partial charge on any atom is 0.260 e. The summed E-state index contributed by atoms with van der Waals surface area (Å²) in [4.78, 5) is 22.5. The number of fused-ring (bicyclic) bond motifs is 1. The van der Waals surface area contributed by atoms with Crippen molar-refractivity contribution in [2.24, 2.45) is 9.98 Å². The first-order chi connectivity index (χ1) is 9.65. The number of carbonyl (C=O) groups is 1. The molecule has 20 heavy (non-hydrogen) atoms. The van der Waals surface area contributed by atoms with Crippen LogP contribution in [-0.2, 0) is 6.42 Å². The van der Waals surface area contributed by atoms with E-state index in [0.29, 0.717) is 23.0 Å². The van der Waals surface area contributed by atoms with Crippen LogP contribution in [0, 0.1) is 0 Å². The minimum atomic E-state index is -0.0720. The van der Waals surface area contributed by atoms with Crippen LogP contribution < -0.4 is 0 Å². The van der Waals surface area contributed by atoms with Crippen molar-refractivity contribution in [2.75, 3.05) is 6.54 Å². The molecule has 0 radical (unpaired) electrons. The average Bonchev–Trinajstić information content (AvgIpc) is 2.63. The second-order valence-electron chi connectivity index (χ2n) is 4.64. The lowest BCUT2D eigenvalue weighted by molar-refractivity contribution is 0.0791. The number of benzene rings is 1. The van der Waals surface area contributed by atoms with E-state index in [1.54, 1.807) is 23.2 Å². The first kappa shape index (κ1) is 12.9. The quantitative estimate of drug-likeness (QED) is 0.732. The van der Waals surface area contributed by atoms with Crippen molar-refractivity contribution < 1.29 is 4.79 Å². The minimum Gasteiger partial charge on any atom is -0.286 e. The Morgan fingerprint density at radius 2 is 2.25 bits per heavy atom. The van der Waals surface area contributed by atoms with Crippen molar-refractivity contribution >= 4 is 29.4 Å². The Morgan fingerprint density at radius 1 is 1.40 bits per heavy atom. The van der Waals surface area contributed by atoms with Gasteiger partial charge in [-0.3, -0.25) is 14.7 Å². The van der Waals surface area contributed by atoms with Gasteiger partial charge in [-0.25, -0.2) is 4.99 Å². The van der Waals surface area contributed by atoms with Crippen molar-refractivity contribution in [2.45, 2.75) is 13.3 Å². The third kappa shape index (κ3) is 2.31. The molecule has 2 aliphatic heterocycles. The van der Waals surface area contributed by atoms with Crippen LogP contribution in [0.25, 0.3) is 0 Å². The zero-order valence-electron chi connectivity index (χ0n) is 10.9. The Morgan fingerprint density at radius 3 is 3.10 bits per heavy atom. The van der Waals surface area contributed by atoms with Gasteiger partial charge in [0, 0.05) is 23.3 Å². The number of halogens is 1. The first-order valence-corrected chi connectivity index (χ1v) is 6.67. The summed E-state index contributed by atoms with van der Waals surface area (Å²) >= 11 is 5.96. The van der Waals surface area contributed by atoms with E-state index in [2.05, 4.69) is 15.7 Å². The summed E-state index contributed by atoms with van der Waals surface area (Å²) in [5, 5.41) is 0.654. The third-order valence-corrected chi connectivity index (χ3v) is 3.45. The normalized spacial score (nSPS) is 17.5. The minimum absolute atomic E-state index is 0.0720. The molecule has 0 atom stereocenters. The van der Waals surface area contributed by atoms with Gasteiger partial charge in [0.1, 0.15) is 0 Å².